The lowest BCUT2D eigenvalue weighted by Gasteiger charge is -2.36. The first-order valence-electron chi connectivity index (χ1n) is 8.19. The molecule has 3 aromatic carbocycles. The van der Waals surface area contributed by atoms with Gasteiger partial charge >= 0.3 is 0 Å². The Kier molecular flexibility index (Phi) is 4.52. The fraction of sp³-hybridized carbons (Fsp3) is 0.182. The molecular formula is C22H23NO. The van der Waals surface area contributed by atoms with Gasteiger partial charge < -0.3 is 10.8 Å². The van der Waals surface area contributed by atoms with Crippen LogP contribution < -0.4 is 5.73 Å². The van der Waals surface area contributed by atoms with Crippen LogP contribution in [0.4, 0.5) is 0 Å². The molecule has 1 atom stereocenters. The van der Waals surface area contributed by atoms with Gasteiger partial charge in [0.1, 0.15) is 5.60 Å². The Labute approximate surface area is 143 Å². The number of benzene rings is 3. The quantitative estimate of drug-likeness (QED) is 0.756. The van der Waals surface area contributed by atoms with E-state index in [0.717, 1.165) is 27.8 Å². The van der Waals surface area contributed by atoms with Crippen LogP contribution in [0.25, 0.3) is 0 Å². The molecule has 2 heteroatoms. The van der Waals surface area contributed by atoms with Crippen molar-refractivity contribution in [3.8, 4) is 0 Å². The highest BCUT2D eigenvalue weighted by Gasteiger charge is 2.39. The lowest BCUT2D eigenvalue weighted by atomic mass is 9.77. The van der Waals surface area contributed by atoms with E-state index in [-0.39, 0.29) is 0 Å². The Bertz CT molecular complexity index is 781. The summed E-state index contributed by atoms with van der Waals surface area (Å²) in [6, 6.07) is 25.1. The molecule has 2 nitrogen and oxygen atoms in total. The predicted octanol–water partition coefficient (Wildman–Crippen LogP) is 4.24. The van der Waals surface area contributed by atoms with Crippen molar-refractivity contribution in [1.29, 1.82) is 0 Å². The molecule has 0 saturated carbocycles. The maximum absolute atomic E-state index is 11.8. The van der Waals surface area contributed by atoms with Crippen LogP contribution in [-0.2, 0) is 5.60 Å². The first kappa shape index (κ1) is 16.4. The van der Waals surface area contributed by atoms with Gasteiger partial charge in [-0.15, -0.1) is 0 Å². The molecule has 0 bridgehead atoms. The molecule has 0 spiro atoms. The fourth-order valence-electron chi connectivity index (χ4n) is 3.19. The summed E-state index contributed by atoms with van der Waals surface area (Å²) in [5.74, 6) is 0. The van der Waals surface area contributed by atoms with E-state index < -0.39 is 11.6 Å². The average Bonchev–Trinajstić information content (AvgIpc) is 2.61. The molecule has 3 N–H and O–H groups in total. The van der Waals surface area contributed by atoms with Crippen LogP contribution in [0.15, 0.2) is 78.9 Å². The van der Waals surface area contributed by atoms with Crippen LogP contribution in [0.5, 0.6) is 0 Å². The Morgan fingerprint density at radius 1 is 0.750 bits per heavy atom. The number of aliphatic hydroxyl groups is 1. The molecule has 0 fully saturated rings. The highest BCUT2D eigenvalue weighted by atomic mass is 16.3. The Balaban J connectivity index is 2.21. The van der Waals surface area contributed by atoms with Crippen LogP contribution >= 0.6 is 0 Å². The summed E-state index contributed by atoms with van der Waals surface area (Å²) in [6.07, 6.45) is 0. The molecule has 0 aromatic heterocycles. The molecule has 122 valence electrons. The minimum absolute atomic E-state index is 0.567. The lowest BCUT2D eigenvalue weighted by Crippen LogP contribution is -2.40. The van der Waals surface area contributed by atoms with E-state index in [0.29, 0.717) is 0 Å². The van der Waals surface area contributed by atoms with Gasteiger partial charge in [-0.3, -0.25) is 0 Å². The fourth-order valence-corrected chi connectivity index (χ4v) is 3.19. The molecular weight excluding hydrogens is 294 g/mol. The van der Waals surface area contributed by atoms with Gasteiger partial charge in [0.25, 0.3) is 0 Å². The number of hydrogen-bond acceptors (Lipinski definition) is 2. The van der Waals surface area contributed by atoms with Gasteiger partial charge in [-0.2, -0.15) is 0 Å². The molecule has 0 amide bonds. The molecule has 3 aromatic rings. The maximum atomic E-state index is 11.8. The van der Waals surface area contributed by atoms with E-state index in [1.807, 2.05) is 92.7 Å². The third-order valence-corrected chi connectivity index (χ3v) is 4.53. The first-order valence-corrected chi connectivity index (χ1v) is 8.19. The monoisotopic (exact) mass is 317 g/mol. The summed E-state index contributed by atoms with van der Waals surface area (Å²) in [6.45, 7) is 4.04. The summed E-state index contributed by atoms with van der Waals surface area (Å²) >= 11 is 0. The molecule has 0 saturated heterocycles. The average molecular weight is 317 g/mol. The second kappa shape index (κ2) is 6.60. The zero-order valence-corrected chi connectivity index (χ0v) is 14.1. The standard InChI is InChI=1S/C22H23NO/c1-16-8-6-12-19(14-16)22(24,20-13-7-9-17(2)15-20)21(23)18-10-4-3-5-11-18/h3-15,21,24H,23H2,1-2H3. The van der Waals surface area contributed by atoms with Crippen LogP contribution in [0, 0.1) is 13.8 Å². The largest absolute Gasteiger partial charge is 0.378 e. The zero-order valence-electron chi connectivity index (χ0n) is 14.1. The number of rotatable bonds is 4. The minimum atomic E-state index is -1.29. The first-order chi connectivity index (χ1) is 11.5. The van der Waals surface area contributed by atoms with Crippen molar-refractivity contribution in [1.82, 2.24) is 0 Å². The van der Waals surface area contributed by atoms with E-state index in [2.05, 4.69) is 0 Å². The van der Waals surface area contributed by atoms with Gasteiger partial charge in [0.15, 0.2) is 0 Å². The SMILES string of the molecule is Cc1cccc(C(O)(c2cccc(C)c2)C(N)c2ccccc2)c1. The predicted molar refractivity (Wildman–Crippen MR) is 98.7 cm³/mol. The Hall–Kier alpha value is -2.42. The van der Waals surface area contributed by atoms with E-state index in [1.54, 1.807) is 0 Å². The summed E-state index contributed by atoms with van der Waals surface area (Å²) in [4.78, 5) is 0. The van der Waals surface area contributed by atoms with E-state index >= 15 is 0 Å². The number of nitrogens with two attached hydrogens (primary N) is 1. The summed E-state index contributed by atoms with van der Waals surface area (Å²) in [7, 11) is 0. The van der Waals surface area contributed by atoms with Crippen molar-refractivity contribution in [2.75, 3.05) is 0 Å². The van der Waals surface area contributed by atoms with Crippen molar-refractivity contribution >= 4 is 0 Å². The van der Waals surface area contributed by atoms with E-state index in [9.17, 15) is 5.11 Å². The minimum Gasteiger partial charge on any atom is -0.378 e. The van der Waals surface area contributed by atoms with Gasteiger partial charge in [-0.25, -0.2) is 0 Å². The Morgan fingerprint density at radius 2 is 1.25 bits per heavy atom. The second-order valence-corrected chi connectivity index (χ2v) is 6.39. The molecule has 1 unspecified atom stereocenters. The summed E-state index contributed by atoms with van der Waals surface area (Å²) < 4.78 is 0. The van der Waals surface area contributed by atoms with E-state index in [1.165, 1.54) is 0 Å². The van der Waals surface area contributed by atoms with Crippen molar-refractivity contribution in [3.05, 3.63) is 107 Å². The second-order valence-electron chi connectivity index (χ2n) is 6.39. The van der Waals surface area contributed by atoms with Crippen molar-refractivity contribution in [2.24, 2.45) is 5.73 Å². The topological polar surface area (TPSA) is 46.2 Å². The van der Waals surface area contributed by atoms with Crippen molar-refractivity contribution < 1.29 is 5.11 Å². The van der Waals surface area contributed by atoms with Crippen LogP contribution in [0.1, 0.15) is 33.9 Å². The molecule has 0 heterocycles. The normalized spacial score (nSPS) is 12.8. The molecule has 0 aliphatic heterocycles. The van der Waals surface area contributed by atoms with Gasteiger partial charge in [-0.1, -0.05) is 90.0 Å². The van der Waals surface area contributed by atoms with Gasteiger partial charge in [-0.05, 0) is 30.5 Å². The van der Waals surface area contributed by atoms with Crippen molar-refractivity contribution in [3.63, 3.8) is 0 Å². The highest BCUT2D eigenvalue weighted by molar-refractivity contribution is 5.43. The molecule has 24 heavy (non-hydrogen) atoms. The Morgan fingerprint density at radius 3 is 1.71 bits per heavy atom. The third kappa shape index (κ3) is 2.99. The van der Waals surface area contributed by atoms with Crippen LogP contribution in [-0.4, -0.2) is 5.11 Å². The van der Waals surface area contributed by atoms with Gasteiger partial charge in [0.2, 0.25) is 0 Å². The maximum Gasteiger partial charge on any atom is 0.134 e. The lowest BCUT2D eigenvalue weighted by molar-refractivity contribution is 0.0511. The third-order valence-electron chi connectivity index (χ3n) is 4.53. The molecule has 3 rings (SSSR count). The smallest absolute Gasteiger partial charge is 0.134 e. The highest BCUT2D eigenvalue weighted by Crippen LogP contribution is 2.40. The molecule has 0 radical (unpaired) electrons. The zero-order chi connectivity index (χ0) is 17.2. The number of aryl methyl sites for hydroxylation is 2. The summed E-state index contributed by atoms with van der Waals surface area (Å²) in [5.41, 5.74) is 10.0. The van der Waals surface area contributed by atoms with Gasteiger partial charge in [0.05, 0.1) is 6.04 Å². The molecule has 0 aliphatic carbocycles. The van der Waals surface area contributed by atoms with Gasteiger partial charge in [0, 0.05) is 0 Å². The van der Waals surface area contributed by atoms with Crippen molar-refractivity contribution in [2.45, 2.75) is 25.5 Å². The molecule has 0 aliphatic rings. The summed E-state index contributed by atoms with van der Waals surface area (Å²) in [5, 5.41) is 11.8. The van der Waals surface area contributed by atoms with E-state index in [4.69, 9.17) is 5.73 Å². The van der Waals surface area contributed by atoms with Crippen LogP contribution in [0.3, 0.4) is 0 Å². The van der Waals surface area contributed by atoms with Crippen LogP contribution in [0.2, 0.25) is 0 Å². The number of hydrogen-bond donors (Lipinski definition) is 2.